The second kappa shape index (κ2) is 12.1. The van der Waals surface area contributed by atoms with Crippen molar-refractivity contribution in [2.75, 3.05) is 19.6 Å². The number of halogens is 3. The Morgan fingerprint density at radius 1 is 1.02 bits per heavy atom. The first-order valence-electron chi connectivity index (χ1n) is 13.5. The highest BCUT2D eigenvalue weighted by Crippen LogP contribution is 2.39. The molecule has 3 aromatic rings. The molecule has 2 atom stereocenters. The van der Waals surface area contributed by atoms with Crippen molar-refractivity contribution < 1.29 is 23.1 Å². The van der Waals surface area contributed by atoms with E-state index in [0.717, 1.165) is 47.8 Å². The molecule has 1 unspecified atom stereocenters. The highest BCUT2D eigenvalue weighted by atomic mass is 19.4. The lowest BCUT2D eigenvalue weighted by molar-refractivity contribution is -0.258. The first-order chi connectivity index (χ1) is 18.8. The van der Waals surface area contributed by atoms with Crippen molar-refractivity contribution in [1.29, 1.82) is 0 Å². The molecule has 0 saturated carbocycles. The minimum Gasteiger partial charge on any atom is -0.376 e. The second-order valence-electron chi connectivity index (χ2n) is 11.0. The second-order valence-corrected chi connectivity index (χ2v) is 11.0. The van der Waals surface area contributed by atoms with Crippen molar-refractivity contribution in [1.82, 2.24) is 20.1 Å². The number of benzene rings is 2. The van der Waals surface area contributed by atoms with Gasteiger partial charge in [0.15, 0.2) is 5.60 Å². The molecule has 9 heteroatoms. The topological polar surface area (TPSA) is 68.7 Å². The van der Waals surface area contributed by atoms with Gasteiger partial charge in [-0.1, -0.05) is 42.5 Å². The minimum atomic E-state index is -4.76. The lowest BCUT2D eigenvalue weighted by Crippen LogP contribution is -2.59. The van der Waals surface area contributed by atoms with Gasteiger partial charge in [0.1, 0.15) is 6.04 Å². The number of hydrogen-bond donors (Lipinski definition) is 2. The van der Waals surface area contributed by atoms with Crippen LogP contribution in [-0.2, 0) is 23.5 Å². The smallest absolute Gasteiger partial charge is 0.376 e. The molecule has 0 radical (unpaired) electrons. The third-order valence-electron chi connectivity index (χ3n) is 7.45. The van der Waals surface area contributed by atoms with E-state index in [0.29, 0.717) is 19.6 Å². The van der Waals surface area contributed by atoms with Crippen LogP contribution in [-0.4, -0.2) is 63.7 Å². The van der Waals surface area contributed by atoms with Crippen LogP contribution >= 0.6 is 0 Å². The number of hydrogen-bond acceptors (Lipinski definition) is 5. The fourth-order valence-corrected chi connectivity index (χ4v) is 5.11. The number of amides is 1. The predicted molar refractivity (Wildman–Crippen MR) is 149 cm³/mol. The number of pyridine rings is 1. The number of nitrogens with one attached hydrogen (secondary N) is 1. The maximum atomic E-state index is 13.2. The first-order valence-corrected chi connectivity index (χ1v) is 13.5. The molecular formula is C31H37F3N4O2. The van der Waals surface area contributed by atoms with Crippen LogP contribution < -0.4 is 5.32 Å². The van der Waals surface area contributed by atoms with Crippen LogP contribution in [0.25, 0.3) is 11.1 Å². The summed E-state index contributed by atoms with van der Waals surface area (Å²) in [5.41, 5.74) is 1.81. The molecule has 0 aliphatic carbocycles. The summed E-state index contributed by atoms with van der Waals surface area (Å²) in [6.07, 6.45) is -1.23. The molecule has 2 heterocycles. The van der Waals surface area contributed by atoms with Crippen molar-refractivity contribution in [3.05, 3.63) is 89.2 Å². The van der Waals surface area contributed by atoms with Crippen molar-refractivity contribution in [2.45, 2.75) is 64.6 Å². The summed E-state index contributed by atoms with van der Waals surface area (Å²) in [7, 11) is 0. The fourth-order valence-electron chi connectivity index (χ4n) is 5.11. The number of aryl methyl sites for hydroxylation is 1. The number of rotatable bonds is 8. The van der Waals surface area contributed by atoms with Crippen molar-refractivity contribution >= 4 is 5.91 Å². The zero-order valence-corrected chi connectivity index (χ0v) is 23.4. The van der Waals surface area contributed by atoms with Crippen LogP contribution in [0, 0.1) is 6.92 Å². The molecule has 0 spiro atoms. The zero-order valence-electron chi connectivity index (χ0n) is 23.4. The van der Waals surface area contributed by atoms with E-state index in [-0.39, 0.29) is 23.6 Å². The molecule has 1 aliphatic rings. The number of nitrogens with zero attached hydrogens (tertiary/aromatic N) is 3. The minimum absolute atomic E-state index is 0.0215. The standard InChI is InChI=1S/C31H37F3N4O2/c1-21(2)36-29(39)28-20-37(15-16-38(28)19-23-11-13-35-14-12-23)18-24-5-10-27(22(3)17-24)25-6-8-26(9-7-25)30(4,40)31(32,33)34/h5-14,17,21,28,40H,15-16,18-20H2,1-4H3,(H,36,39)/t28-,30?/m0/s1. The van der Waals surface area contributed by atoms with Gasteiger partial charge in [-0.05, 0) is 73.2 Å². The Labute approximate surface area is 233 Å². The first kappa shape index (κ1) is 29.7. The average molecular weight is 555 g/mol. The summed E-state index contributed by atoms with van der Waals surface area (Å²) >= 11 is 0. The van der Waals surface area contributed by atoms with Gasteiger partial charge in [0, 0.05) is 51.2 Å². The van der Waals surface area contributed by atoms with E-state index in [1.807, 2.05) is 45.0 Å². The van der Waals surface area contributed by atoms with Gasteiger partial charge >= 0.3 is 6.18 Å². The molecule has 1 aromatic heterocycles. The molecule has 214 valence electrons. The van der Waals surface area contributed by atoms with Gasteiger partial charge in [0.05, 0.1) is 0 Å². The van der Waals surface area contributed by atoms with E-state index in [1.165, 1.54) is 12.1 Å². The largest absolute Gasteiger partial charge is 0.421 e. The van der Waals surface area contributed by atoms with Crippen LogP contribution in [0.1, 0.15) is 43.0 Å². The summed E-state index contributed by atoms with van der Waals surface area (Å²) < 4.78 is 39.6. The third-order valence-corrected chi connectivity index (χ3v) is 7.45. The van der Waals surface area contributed by atoms with Gasteiger partial charge in [0.25, 0.3) is 0 Å². The Balaban J connectivity index is 1.46. The number of carbonyl (C=O) groups is 1. The quantitative estimate of drug-likeness (QED) is 0.409. The van der Waals surface area contributed by atoms with Crippen LogP contribution in [0.3, 0.4) is 0 Å². The number of aliphatic hydroxyl groups is 1. The van der Waals surface area contributed by atoms with E-state index in [2.05, 4.69) is 26.2 Å². The molecule has 0 bridgehead atoms. The third kappa shape index (κ3) is 6.89. The molecule has 1 amide bonds. The molecular weight excluding hydrogens is 517 g/mol. The molecule has 4 rings (SSSR count). The van der Waals surface area contributed by atoms with E-state index in [1.54, 1.807) is 24.5 Å². The van der Waals surface area contributed by atoms with Crippen molar-refractivity contribution in [3.8, 4) is 11.1 Å². The Kier molecular flexibility index (Phi) is 8.97. The van der Waals surface area contributed by atoms with Crippen LogP contribution in [0.2, 0.25) is 0 Å². The number of carbonyl (C=O) groups excluding carboxylic acids is 1. The normalized spacial score (nSPS) is 18.5. The predicted octanol–water partition coefficient (Wildman–Crippen LogP) is 5.04. The number of alkyl halides is 3. The summed E-state index contributed by atoms with van der Waals surface area (Å²) in [4.78, 5) is 21.7. The van der Waals surface area contributed by atoms with Gasteiger partial charge in [-0.25, -0.2) is 0 Å². The molecule has 40 heavy (non-hydrogen) atoms. The SMILES string of the molecule is Cc1cc(CN2CCN(Cc3ccncc3)[C@H](C(=O)NC(C)C)C2)ccc1-c1ccc(C(C)(O)C(F)(F)F)cc1. The van der Waals surface area contributed by atoms with Crippen molar-refractivity contribution in [2.24, 2.45) is 0 Å². The lowest BCUT2D eigenvalue weighted by atomic mass is 9.92. The van der Waals surface area contributed by atoms with Gasteiger partial charge in [-0.3, -0.25) is 19.6 Å². The van der Waals surface area contributed by atoms with Gasteiger partial charge in [-0.15, -0.1) is 0 Å². The van der Waals surface area contributed by atoms with E-state index in [4.69, 9.17) is 0 Å². The van der Waals surface area contributed by atoms with Crippen LogP contribution in [0.4, 0.5) is 13.2 Å². The maximum absolute atomic E-state index is 13.2. The van der Waals surface area contributed by atoms with E-state index < -0.39 is 11.8 Å². The Bertz CT molecular complexity index is 1290. The molecule has 1 saturated heterocycles. The summed E-state index contributed by atoms with van der Waals surface area (Å²) in [5, 5.41) is 13.0. The van der Waals surface area contributed by atoms with Gasteiger partial charge in [-0.2, -0.15) is 13.2 Å². The van der Waals surface area contributed by atoms with Gasteiger partial charge in [0.2, 0.25) is 5.91 Å². The highest BCUT2D eigenvalue weighted by Gasteiger charge is 2.51. The van der Waals surface area contributed by atoms with E-state index >= 15 is 0 Å². The summed E-state index contributed by atoms with van der Waals surface area (Å²) in [5.74, 6) is 0.0215. The fraction of sp³-hybridized carbons (Fsp3) is 0.419. The summed E-state index contributed by atoms with van der Waals surface area (Å²) in [6.45, 7) is 10.2. The maximum Gasteiger partial charge on any atom is 0.421 e. The van der Waals surface area contributed by atoms with Gasteiger partial charge < -0.3 is 10.4 Å². The van der Waals surface area contributed by atoms with Crippen LogP contribution in [0.5, 0.6) is 0 Å². The monoisotopic (exact) mass is 554 g/mol. The Morgan fingerprint density at radius 3 is 2.30 bits per heavy atom. The number of aromatic nitrogens is 1. The van der Waals surface area contributed by atoms with Crippen LogP contribution in [0.15, 0.2) is 67.0 Å². The number of piperazine rings is 1. The summed E-state index contributed by atoms with van der Waals surface area (Å²) in [6, 6.07) is 15.7. The molecule has 2 aromatic carbocycles. The molecule has 2 N–H and O–H groups in total. The lowest BCUT2D eigenvalue weighted by Gasteiger charge is -2.41. The van der Waals surface area contributed by atoms with Crippen molar-refractivity contribution in [3.63, 3.8) is 0 Å². The molecule has 6 nitrogen and oxygen atoms in total. The molecule has 1 fully saturated rings. The average Bonchev–Trinajstić information content (AvgIpc) is 2.89. The molecule has 1 aliphatic heterocycles. The zero-order chi connectivity index (χ0) is 29.1. The highest BCUT2D eigenvalue weighted by molar-refractivity contribution is 5.82. The Morgan fingerprint density at radius 2 is 1.70 bits per heavy atom. The Hall–Kier alpha value is -3.27. The van der Waals surface area contributed by atoms with E-state index in [9.17, 15) is 23.1 Å².